The average molecular weight is 382 g/mol. The Hall–Kier alpha value is -2.51. The molecule has 2 aromatic heterocycles. The fraction of sp³-hybridized carbons (Fsp3) is 0.350. The Bertz CT molecular complexity index is 926. The molecular formula is C20H25N6S+. The van der Waals surface area contributed by atoms with Crippen molar-refractivity contribution >= 4 is 17.9 Å². The van der Waals surface area contributed by atoms with Gasteiger partial charge in [-0.3, -0.25) is 4.98 Å². The van der Waals surface area contributed by atoms with Crippen LogP contribution in [-0.4, -0.2) is 45.5 Å². The van der Waals surface area contributed by atoms with Gasteiger partial charge in [-0.1, -0.05) is 18.2 Å². The molecule has 0 atom stereocenters. The molecule has 1 N–H and O–H groups in total. The highest BCUT2D eigenvalue weighted by molar-refractivity contribution is 7.71. The normalized spacial score (nSPS) is 15.2. The number of aromatic nitrogens is 4. The van der Waals surface area contributed by atoms with Crippen LogP contribution in [0.5, 0.6) is 0 Å². The summed E-state index contributed by atoms with van der Waals surface area (Å²) in [5.74, 6) is 0.923. The molecule has 1 aliphatic rings. The van der Waals surface area contributed by atoms with Crippen molar-refractivity contribution in [3.05, 3.63) is 59.6 Å². The van der Waals surface area contributed by atoms with E-state index >= 15 is 0 Å². The number of hydrogen-bond donors (Lipinski definition) is 1. The molecule has 6 nitrogen and oxygen atoms in total. The third-order valence-corrected chi connectivity index (χ3v) is 5.57. The Labute approximate surface area is 164 Å². The number of piperazine rings is 1. The SMILES string of the molecule is CCn1c(-c2ccncc2)nn(C[NH+]2CCN(c3ccccc3)CC2)c1=S. The minimum atomic E-state index is 0.794. The molecule has 1 aromatic carbocycles. The summed E-state index contributed by atoms with van der Waals surface area (Å²) >= 11 is 5.70. The second kappa shape index (κ2) is 8.02. The van der Waals surface area contributed by atoms with Crippen molar-refractivity contribution in [3.8, 4) is 11.4 Å². The van der Waals surface area contributed by atoms with Crippen molar-refractivity contribution in [1.29, 1.82) is 0 Å². The smallest absolute Gasteiger partial charge is 0.203 e. The summed E-state index contributed by atoms with van der Waals surface area (Å²) < 4.78 is 4.88. The molecule has 0 saturated carbocycles. The Kier molecular flexibility index (Phi) is 5.31. The van der Waals surface area contributed by atoms with Crippen molar-refractivity contribution in [2.75, 3.05) is 31.1 Å². The third kappa shape index (κ3) is 3.79. The van der Waals surface area contributed by atoms with Gasteiger partial charge < -0.3 is 14.4 Å². The predicted molar refractivity (Wildman–Crippen MR) is 109 cm³/mol. The number of pyridine rings is 1. The van der Waals surface area contributed by atoms with Gasteiger partial charge in [-0.2, -0.15) is 4.68 Å². The van der Waals surface area contributed by atoms with E-state index < -0.39 is 0 Å². The Morgan fingerprint density at radius 1 is 1.04 bits per heavy atom. The zero-order chi connectivity index (χ0) is 18.6. The van der Waals surface area contributed by atoms with Crippen LogP contribution in [0.2, 0.25) is 0 Å². The van der Waals surface area contributed by atoms with Crippen LogP contribution in [0.15, 0.2) is 54.9 Å². The van der Waals surface area contributed by atoms with Gasteiger partial charge in [0.05, 0.1) is 26.2 Å². The number of benzene rings is 1. The van der Waals surface area contributed by atoms with E-state index in [0.29, 0.717) is 0 Å². The lowest BCUT2D eigenvalue weighted by Gasteiger charge is -2.33. The number of nitrogens with zero attached hydrogens (tertiary/aromatic N) is 5. The van der Waals surface area contributed by atoms with E-state index in [1.807, 2.05) is 16.8 Å². The lowest BCUT2D eigenvalue weighted by molar-refractivity contribution is -0.924. The van der Waals surface area contributed by atoms with E-state index in [-0.39, 0.29) is 0 Å². The van der Waals surface area contributed by atoms with Crippen LogP contribution in [0.3, 0.4) is 0 Å². The van der Waals surface area contributed by atoms with Gasteiger partial charge in [-0.15, -0.1) is 5.10 Å². The van der Waals surface area contributed by atoms with Crippen LogP contribution in [0.25, 0.3) is 11.4 Å². The minimum Gasteiger partial charge on any atom is -0.360 e. The topological polar surface area (TPSA) is 43.3 Å². The summed E-state index contributed by atoms with van der Waals surface area (Å²) in [4.78, 5) is 8.07. The van der Waals surface area contributed by atoms with Crippen LogP contribution in [0, 0.1) is 4.77 Å². The number of anilines is 1. The molecule has 1 aliphatic heterocycles. The quantitative estimate of drug-likeness (QED) is 0.685. The summed E-state index contributed by atoms with van der Waals surface area (Å²) in [5.41, 5.74) is 2.36. The summed E-state index contributed by atoms with van der Waals surface area (Å²) in [6.45, 7) is 8.01. The molecule has 0 aliphatic carbocycles. The maximum absolute atomic E-state index is 5.70. The van der Waals surface area contributed by atoms with Gasteiger partial charge in [-0.05, 0) is 43.4 Å². The monoisotopic (exact) mass is 381 g/mol. The molecule has 0 unspecified atom stereocenters. The molecule has 3 aromatic rings. The van der Waals surface area contributed by atoms with E-state index in [1.54, 1.807) is 12.4 Å². The molecule has 27 heavy (non-hydrogen) atoms. The molecule has 0 amide bonds. The molecule has 0 spiro atoms. The molecular weight excluding hydrogens is 356 g/mol. The number of para-hydroxylation sites is 1. The molecule has 7 heteroatoms. The van der Waals surface area contributed by atoms with Gasteiger partial charge >= 0.3 is 0 Å². The molecule has 0 bridgehead atoms. The van der Waals surface area contributed by atoms with Crippen molar-refractivity contribution < 1.29 is 4.90 Å². The molecule has 140 valence electrons. The zero-order valence-electron chi connectivity index (χ0n) is 15.6. The first-order valence-corrected chi connectivity index (χ1v) is 9.88. The van der Waals surface area contributed by atoms with Gasteiger partial charge in [0.15, 0.2) is 12.5 Å². The van der Waals surface area contributed by atoms with Gasteiger partial charge in [0.2, 0.25) is 4.77 Å². The Morgan fingerprint density at radius 3 is 2.41 bits per heavy atom. The summed E-state index contributed by atoms with van der Waals surface area (Å²) in [7, 11) is 0. The van der Waals surface area contributed by atoms with Crippen LogP contribution in [0.1, 0.15) is 6.92 Å². The summed E-state index contributed by atoms with van der Waals surface area (Å²) in [6, 6.07) is 14.6. The molecule has 1 fully saturated rings. The van der Waals surface area contributed by atoms with Gasteiger partial charge in [0, 0.05) is 30.2 Å². The maximum Gasteiger partial charge on any atom is 0.203 e. The van der Waals surface area contributed by atoms with Crippen molar-refractivity contribution in [2.45, 2.75) is 20.1 Å². The highest BCUT2D eigenvalue weighted by Crippen LogP contribution is 2.17. The molecule has 3 heterocycles. The number of hydrogen-bond acceptors (Lipinski definition) is 4. The lowest BCUT2D eigenvalue weighted by Crippen LogP contribution is -3.14. The maximum atomic E-state index is 5.70. The number of quaternary nitrogens is 1. The third-order valence-electron chi connectivity index (χ3n) is 5.14. The standard InChI is InChI=1S/C20H24N6S/c1-2-25-19(17-8-10-21-11-9-17)22-26(20(25)27)16-23-12-14-24(15-13-23)18-6-4-3-5-7-18/h3-11H,2,12-16H2,1H3/p+1. The van der Waals surface area contributed by atoms with Gasteiger partial charge in [0.1, 0.15) is 0 Å². The fourth-order valence-electron chi connectivity index (χ4n) is 3.63. The lowest BCUT2D eigenvalue weighted by atomic mass is 10.2. The molecule has 0 radical (unpaired) electrons. The highest BCUT2D eigenvalue weighted by atomic mass is 32.1. The second-order valence-electron chi connectivity index (χ2n) is 6.82. The largest absolute Gasteiger partial charge is 0.360 e. The van der Waals surface area contributed by atoms with E-state index in [0.717, 1.165) is 55.6 Å². The van der Waals surface area contributed by atoms with Crippen LogP contribution in [-0.2, 0) is 13.2 Å². The number of rotatable bonds is 5. The fourth-order valence-corrected chi connectivity index (χ4v) is 3.95. The van der Waals surface area contributed by atoms with Crippen molar-refractivity contribution in [3.63, 3.8) is 0 Å². The van der Waals surface area contributed by atoms with Crippen LogP contribution >= 0.6 is 12.2 Å². The number of nitrogens with one attached hydrogen (secondary N) is 1. The second-order valence-corrected chi connectivity index (χ2v) is 7.18. The van der Waals surface area contributed by atoms with Crippen molar-refractivity contribution in [1.82, 2.24) is 19.3 Å². The summed E-state index contributed by atoms with van der Waals surface area (Å²) in [5, 5.41) is 4.84. The van der Waals surface area contributed by atoms with E-state index in [2.05, 4.69) is 51.7 Å². The average Bonchev–Trinajstić information content (AvgIpc) is 3.05. The van der Waals surface area contributed by atoms with E-state index in [1.165, 1.54) is 10.6 Å². The molecule has 1 saturated heterocycles. The predicted octanol–water partition coefficient (Wildman–Crippen LogP) is 1.86. The van der Waals surface area contributed by atoms with Crippen LogP contribution < -0.4 is 9.80 Å². The first kappa shape index (κ1) is 17.9. The van der Waals surface area contributed by atoms with E-state index in [4.69, 9.17) is 17.3 Å². The van der Waals surface area contributed by atoms with Crippen molar-refractivity contribution in [2.24, 2.45) is 0 Å². The highest BCUT2D eigenvalue weighted by Gasteiger charge is 2.22. The molecule has 4 rings (SSSR count). The van der Waals surface area contributed by atoms with Crippen LogP contribution in [0.4, 0.5) is 5.69 Å². The Balaban J connectivity index is 1.48. The first-order valence-electron chi connectivity index (χ1n) is 9.48. The van der Waals surface area contributed by atoms with Gasteiger partial charge in [0.25, 0.3) is 0 Å². The Morgan fingerprint density at radius 2 is 1.74 bits per heavy atom. The minimum absolute atomic E-state index is 0.794. The van der Waals surface area contributed by atoms with Gasteiger partial charge in [-0.25, -0.2) is 0 Å². The summed E-state index contributed by atoms with van der Waals surface area (Å²) in [6.07, 6.45) is 3.59. The zero-order valence-corrected chi connectivity index (χ0v) is 16.4. The van der Waals surface area contributed by atoms with E-state index in [9.17, 15) is 0 Å². The first-order chi connectivity index (χ1) is 13.3.